The molecule has 0 bridgehead atoms. The topological polar surface area (TPSA) is 228 Å². The van der Waals surface area contributed by atoms with E-state index in [0.29, 0.717) is 12.8 Å². The largest absolute Gasteiger partial charge is 0.394 e. The molecular weight excluding hydrogens is 787 g/mol. The molecule has 360 valence electrons. The molecule has 12 unspecified atom stereocenters. The number of allylic oxidation sites excluding steroid dienone is 2. The monoisotopic (exact) mass is 876 g/mol. The van der Waals surface area contributed by atoms with Crippen LogP contribution in [0.1, 0.15) is 187 Å². The highest BCUT2D eigenvalue weighted by atomic mass is 16.7. The summed E-state index contributed by atoms with van der Waals surface area (Å²) in [5, 5.41) is 86.6. The second kappa shape index (κ2) is 35.0. The van der Waals surface area contributed by atoms with Crippen molar-refractivity contribution in [2.45, 2.75) is 261 Å². The van der Waals surface area contributed by atoms with E-state index in [4.69, 9.17) is 18.9 Å². The van der Waals surface area contributed by atoms with E-state index in [1.54, 1.807) is 0 Å². The van der Waals surface area contributed by atoms with Crippen molar-refractivity contribution < 1.29 is 64.6 Å². The van der Waals surface area contributed by atoms with Crippen molar-refractivity contribution in [1.29, 1.82) is 0 Å². The van der Waals surface area contributed by atoms with Crippen molar-refractivity contribution in [1.82, 2.24) is 5.32 Å². The molecule has 61 heavy (non-hydrogen) atoms. The first-order chi connectivity index (χ1) is 29.6. The Morgan fingerprint density at radius 3 is 1.56 bits per heavy atom. The molecule has 2 aliphatic heterocycles. The van der Waals surface area contributed by atoms with Gasteiger partial charge in [-0.05, 0) is 38.5 Å². The third kappa shape index (κ3) is 23.0. The molecule has 0 saturated carbocycles. The van der Waals surface area contributed by atoms with Crippen LogP contribution >= 0.6 is 0 Å². The van der Waals surface area contributed by atoms with Crippen LogP contribution in [0.3, 0.4) is 0 Å². The smallest absolute Gasteiger partial charge is 0.220 e. The van der Waals surface area contributed by atoms with Gasteiger partial charge in [-0.1, -0.05) is 154 Å². The normalized spacial score (nSPS) is 28.0. The summed E-state index contributed by atoms with van der Waals surface area (Å²) in [5.41, 5.74) is 0. The summed E-state index contributed by atoms with van der Waals surface area (Å²) < 4.78 is 22.7. The number of nitrogens with one attached hydrogen (secondary N) is 1. The lowest BCUT2D eigenvalue weighted by molar-refractivity contribution is -0.359. The summed E-state index contributed by atoms with van der Waals surface area (Å²) in [4.78, 5) is 13.1. The van der Waals surface area contributed by atoms with Crippen LogP contribution < -0.4 is 5.32 Å². The number of unbranched alkanes of at least 4 members (excludes halogenated alkanes) is 22. The summed E-state index contributed by atoms with van der Waals surface area (Å²) in [6, 6.07) is -0.825. The number of ether oxygens (including phenoxy) is 4. The van der Waals surface area contributed by atoms with Crippen molar-refractivity contribution in [3.05, 3.63) is 12.2 Å². The van der Waals surface area contributed by atoms with E-state index in [0.717, 1.165) is 57.8 Å². The van der Waals surface area contributed by atoms with Gasteiger partial charge < -0.3 is 65.1 Å². The maximum absolute atomic E-state index is 13.1. The van der Waals surface area contributed by atoms with E-state index < -0.39 is 86.8 Å². The highest BCUT2D eigenvalue weighted by molar-refractivity contribution is 5.76. The molecule has 0 radical (unpaired) electrons. The third-order valence-corrected chi connectivity index (χ3v) is 12.2. The predicted molar refractivity (Wildman–Crippen MR) is 235 cm³/mol. The van der Waals surface area contributed by atoms with Gasteiger partial charge >= 0.3 is 0 Å². The molecule has 2 heterocycles. The van der Waals surface area contributed by atoms with E-state index in [1.807, 2.05) is 0 Å². The number of aliphatic hydroxyl groups is 8. The zero-order valence-electron chi connectivity index (χ0n) is 37.9. The van der Waals surface area contributed by atoms with Crippen LogP contribution in [-0.2, 0) is 23.7 Å². The first-order valence-electron chi connectivity index (χ1n) is 24.4. The number of hydrogen-bond donors (Lipinski definition) is 9. The quantitative estimate of drug-likeness (QED) is 0.0274. The maximum atomic E-state index is 13.1. The number of aliphatic hydroxyl groups excluding tert-OH is 8. The molecule has 12 atom stereocenters. The van der Waals surface area contributed by atoms with E-state index in [-0.39, 0.29) is 12.5 Å². The lowest BCUT2D eigenvalue weighted by atomic mass is 9.97. The van der Waals surface area contributed by atoms with E-state index in [2.05, 4.69) is 31.3 Å². The van der Waals surface area contributed by atoms with Crippen molar-refractivity contribution in [2.24, 2.45) is 0 Å². The summed E-state index contributed by atoms with van der Waals surface area (Å²) >= 11 is 0. The van der Waals surface area contributed by atoms with Gasteiger partial charge in [0.05, 0.1) is 32.0 Å². The highest BCUT2D eigenvalue weighted by Gasteiger charge is 2.51. The molecule has 14 nitrogen and oxygen atoms in total. The van der Waals surface area contributed by atoms with Crippen LogP contribution in [-0.4, -0.2) is 140 Å². The minimum atomic E-state index is -1.78. The number of hydrogen-bond acceptors (Lipinski definition) is 13. The van der Waals surface area contributed by atoms with E-state index in [1.165, 1.54) is 103 Å². The van der Waals surface area contributed by atoms with E-state index >= 15 is 0 Å². The van der Waals surface area contributed by atoms with E-state index in [9.17, 15) is 45.6 Å². The Bertz CT molecular complexity index is 1080. The van der Waals surface area contributed by atoms with Crippen LogP contribution in [0.5, 0.6) is 0 Å². The molecule has 0 aromatic carbocycles. The van der Waals surface area contributed by atoms with Crippen LogP contribution in [0, 0.1) is 0 Å². The SMILES string of the molecule is CCCCCCCC/C=C\CCCCCCCCCC(=O)NC(COC1OC(CO)C(OC2OC(CO)C(O)C(O)C2O)C(O)C1O)C(O)CCCCCCCCCCCC. The summed E-state index contributed by atoms with van der Waals surface area (Å²) in [5.74, 6) is -0.213. The lowest BCUT2D eigenvalue weighted by Crippen LogP contribution is -2.65. The van der Waals surface area contributed by atoms with Crippen molar-refractivity contribution >= 4 is 5.91 Å². The Morgan fingerprint density at radius 2 is 1.03 bits per heavy atom. The Hall–Kier alpha value is -1.27. The molecule has 2 aliphatic rings. The molecule has 9 N–H and O–H groups in total. The number of carbonyl (C=O) groups excluding carboxylic acids is 1. The number of rotatable bonds is 37. The van der Waals surface area contributed by atoms with Gasteiger partial charge in [-0.25, -0.2) is 0 Å². The number of carbonyl (C=O) groups is 1. The van der Waals surface area contributed by atoms with Crippen molar-refractivity contribution in [2.75, 3.05) is 19.8 Å². The van der Waals surface area contributed by atoms with Crippen LogP contribution in [0.15, 0.2) is 12.2 Å². The molecule has 0 spiro atoms. The second-order valence-corrected chi connectivity index (χ2v) is 17.6. The second-order valence-electron chi connectivity index (χ2n) is 17.6. The van der Waals surface area contributed by atoms with Gasteiger partial charge in [0.15, 0.2) is 12.6 Å². The van der Waals surface area contributed by atoms with Gasteiger partial charge in [-0.15, -0.1) is 0 Å². The minimum absolute atomic E-state index is 0.213. The maximum Gasteiger partial charge on any atom is 0.220 e. The Labute approximate surface area is 367 Å². The molecule has 0 aromatic rings. The average molecular weight is 876 g/mol. The molecule has 2 rings (SSSR count). The summed E-state index contributed by atoms with van der Waals surface area (Å²) in [6.07, 6.45) is 17.9. The summed E-state index contributed by atoms with van der Waals surface area (Å²) in [6.45, 7) is 2.81. The molecule has 0 aromatic heterocycles. The molecule has 2 saturated heterocycles. The van der Waals surface area contributed by atoms with Crippen LogP contribution in [0.25, 0.3) is 0 Å². The average Bonchev–Trinajstić information content (AvgIpc) is 3.26. The summed E-state index contributed by atoms with van der Waals surface area (Å²) in [7, 11) is 0. The van der Waals surface area contributed by atoms with Gasteiger partial charge in [-0.2, -0.15) is 0 Å². The molecular formula is C47H89NO13. The minimum Gasteiger partial charge on any atom is -0.394 e. The van der Waals surface area contributed by atoms with Crippen molar-refractivity contribution in [3.8, 4) is 0 Å². The zero-order chi connectivity index (χ0) is 44.7. The van der Waals surface area contributed by atoms with Gasteiger partial charge in [0.1, 0.15) is 48.8 Å². The molecule has 2 fully saturated rings. The fourth-order valence-electron chi connectivity index (χ4n) is 8.17. The number of amides is 1. The molecule has 1 amide bonds. The Balaban J connectivity index is 1.83. The highest BCUT2D eigenvalue weighted by Crippen LogP contribution is 2.30. The Morgan fingerprint density at radius 1 is 0.574 bits per heavy atom. The molecule has 0 aliphatic carbocycles. The van der Waals surface area contributed by atoms with Gasteiger partial charge in [0, 0.05) is 6.42 Å². The fraction of sp³-hybridized carbons (Fsp3) is 0.936. The first kappa shape index (κ1) is 55.9. The first-order valence-corrected chi connectivity index (χ1v) is 24.4. The van der Waals surface area contributed by atoms with Crippen LogP contribution in [0.2, 0.25) is 0 Å². The third-order valence-electron chi connectivity index (χ3n) is 12.2. The predicted octanol–water partition coefficient (Wildman–Crippen LogP) is 5.60. The lowest BCUT2D eigenvalue weighted by Gasteiger charge is -2.46. The van der Waals surface area contributed by atoms with Crippen molar-refractivity contribution in [3.63, 3.8) is 0 Å². The molecule has 14 heteroatoms. The Kier molecular flexibility index (Phi) is 32.1. The zero-order valence-corrected chi connectivity index (χ0v) is 37.9. The van der Waals surface area contributed by atoms with Gasteiger partial charge in [0.25, 0.3) is 0 Å². The van der Waals surface area contributed by atoms with Gasteiger partial charge in [-0.3, -0.25) is 4.79 Å². The fourth-order valence-corrected chi connectivity index (χ4v) is 8.17. The van der Waals surface area contributed by atoms with Crippen LogP contribution in [0.4, 0.5) is 0 Å². The standard InChI is InChI=1S/C47H89NO13/c1-3-5-7-9-11-13-15-16-17-18-19-20-21-23-25-27-29-31-39(52)48-35(36(51)30-28-26-24-22-14-12-10-8-6-4-2)34-58-46-44(57)42(55)45(38(33-50)60-46)61-47-43(56)41(54)40(53)37(32-49)59-47/h16-17,35-38,40-47,49-51,53-57H,3-15,18-34H2,1-2H3,(H,48,52)/b17-16-. The van der Waals surface area contributed by atoms with Gasteiger partial charge in [0.2, 0.25) is 5.91 Å².